The lowest BCUT2D eigenvalue weighted by Gasteiger charge is -2.33. The number of amides is 3. The van der Waals surface area contributed by atoms with Crippen LogP contribution in [0.2, 0.25) is 0 Å². The Balaban J connectivity index is 1.47. The number of carbonyl (C=O) groups is 2. The molecule has 166 valence electrons. The Morgan fingerprint density at radius 3 is 2.19 bits per heavy atom. The second-order valence-electron chi connectivity index (χ2n) is 7.94. The third-order valence-corrected chi connectivity index (χ3v) is 5.53. The van der Waals surface area contributed by atoms with Gasteiger partial charge in [0.2, 0.25) is 11.9 Å². The van der Waals surface area contributed by atoms with Gasteiger partial charge in [0.15, 0.2) is 5.82 Å². The van der Waals surface area contributed by atoms with Crippen molar-refractivity contribution in [2.45, 2.75) is 12.8 Å². The number of rotatable bonds is 5. The van der Waals surface area contributed by atoms with Gasteiger partial charge in [-0.1, -0.05) is 48.5 Å². The third-order valence-electron chi connectivity index (χ3n) is 5.53. The smallest absolute Gasteiger partial charge is 0.319 e. The molecule has 0 saturated carbocycles. The van der Waals surface area contributed by atoms with Crippen LogP contribution < -0.4 is 10.9 Å². The van der Waals surface area contributed by atoms with Gasteiger partial charge in [-0.3, -0.25) is 20.2 Å². The van der Waals surface area contributed by atoms with Crippen LogP contribution in [0.1, 0.15) is 12.8 Å². The number of anilines is 1. The van der Waals surface area contributed by atoms with Crippen molar-refractivity contribution in [1.82, 2.24) is 30.0 Å². The van der Waals surface area contributed by atoms with Crippen molar-refractivity contribution < 1.29 is 9.59 Å². The fourth-order valence-electron chi connectivity index (χ4n) is 3.80. The number of hydrogen-bond donors (Lipinski definition) is 2. The van der Waals surface area contributed by atoms with Crippen LogP contribution in [0.5, 0.6) is 0 Å². The average molecular weight is 434 g/mol. The van der Waals surface area contributed by atoms with Gasteiger partial charge in [-0.15, -0.1) is 10.2 Å². The van der Waals surface area contributed by atoms with Crippen molar-refractivity contribution in [3.05, 3.63) is 60.7 Å². The van der Waals surface area contributed by atoms with Crippen molar-refractivity contribution in [1.29, 1.82) is 0 Å². The lowest BCUT2D eigenvalue weighted by atomic mass is 9.96. The third kappa shape index (κ3) is 4.56. The first kappa shape index (κ1) is 21.4. The van der Waals surface area contributed by atoms with Gasteiger partial charge in [0, 0.05) is 38.7 Å². The van der Waals surface area contributed by atoms with E-state index in [4.69, 9.17) is 0 Å². The Bertz CT molecular complexity index is 1060. The summed E-state index contributed by atoms with van der Waals surface area (Å²) in [5.74, 6) is 0.800. The normalized spacial score (nSPS) is 14.1. The minimum atomic E-state index is -0.171. The number of nitrogens with zero attached hydrogens (tertiary/aromatic N) is 5. The number of nitrogens with one attached hydrogen (secondary N) is 2. The maximum absolute atomic E-state index is 12.8. The van der Waals surface area contributed by atoms with Crippen LogP contribution in [-0.2, 0) is 4.79 Å². The minimum absolute atomic E-state index is 0.0219. The van der Waals surface area contributed by atoms with Crippen LogP contribution >= 0.6 is 0 Å². The number of aromatic nitrogens is 3. The van der Waals surface area contributed by atoms with E-state index in [-0.39, 0.29) is 17.9 Å². The molecule has 0 radical (unpaired) electrons. The van der Waals surface area contributed by atoms with E-state index in [0.717, 1.165) is 11.3 Å². The molecule has 0 bridgehead atoms. The second-order valence-corrected chi connectivity index (χ2v) is 7.94. The molecule has 1 saturated heterocycles. The SMILES string of the molecule is CN(C)C(=O)N1CCC(C(=O)NNc2nnc(-c3ccccc3)n2-c2ccccc2)CC1. The molecule has 9 nitrogen and oxygen atoms in total. The lowest BCUT2D eigenvalue weighted by molar-refractivity contribution is -0.125. The quantitative estimate of drug-likeness (QED) is 0.604. The van der Waals surface area contributed by atoms with Gasteiger partial charge in [-0.05, 0) is 25.0 Å². The monoisotopic (exact) mass is 433 g/mol. The summed E-state index contributed by atoms with van der Waals surface area (Å²) in [4.78, 5) is 28.2. The van der Waals surface area contributed by atoms with E-state index in [0.29, 0.717) is 37.7 Å². The predicted octanol–water partition coefficient (Wildman–Crippen LogP) is 2.77. The summed E-state index contributed by atoms with van der Waals surface area (Å²) in [5, 5.41) is 8.62. The van der Waals surface area contributed by atoms with E-state index in [1.54, 1.807) is 23.9 Å². The molecule has 1 aliphatic rings. The van der Waals surface area contributed by atoms with Gasteiger partial charge in [-0.2, -0.15) is 0 Å². The number of piperidine rings is 1. The molecule has 0 unspecified atom stereocenters. The Hall–Kier alpha value is -3.88. The standard InChI is InChI=1S/C23H27N7O2/c1-28(2)23(32)29-15-13-18(14-16-29)21(31)25-27-22-26-24-20(17-9-5-3-6-10-17)30(22)19-11-7-4-8-12-19/h3-12,18H,13-16H2,1-2H3,(H,25,31)(H,26,27). The molecule has 1 fully saturated rings. The summed E-state index contributed by atoms with van der Waals surface area (Å²) in [5.41, 5.74) is 7.53. The predicted molar refractivity (Wildman–Crippen MR) is 122 cm³/mol. The summed E-state index contributed by atoms with van der Waals surface area (Å²) in [6.07, 6.45) is 1.24. The number of urea groups is 1. The highest BCUT2D eigenvalue weighted by Gasteiger charge is 2.28. The molecule has 0 atom stereocenters. The number of hydrazine groups is 1. The van der Waals surface area contributed by atoms with Crippen LogP contribution in [0, 0.1) is 5.92 Å². The van der Waals surface area contributed by atoms with Crippen LogP contribution in [0.25, 0.3) is 17.1 Å². The van der Waals surface area contributed by atoms with Gasteiger partial charge in [0.1, 0.15) is 0 Å². The first-order valence-electron chi connectivity index (χ1n) is 10.6. The fraction of sp³-hybridized carbons (Fsp3) is 0.304. The van der Waals surface area contributed by atoms with Crippen molar-refractivity contribution in [2.24, 2.45) is 5.92 Å². The summed E-state index contributed by atoms with van der Waals surface area (Å²) >= 11 is 0. The van der Waals surface area contributed by atoms with E-state index < -0.39 is 0 Å². The average Bonchev–Trinajstić information content (AvgIpc) is 3.27. The van der Waals surface area contributed by atoms with Crippen molar-refractivity contribution in [3.63, 3.8) is 0 Å². The maximum atomic E-state index is 12.8. The molecule has 1 aliphatic heterocycles. The van der Waals surface area contributed by atoms with Crippen LogP contribution in [-0.4, -0.2) is 63.7 Å². The molecule has 2 N–H and O–H groups in total. The zero-order valence-electron chi connectivity index (χ0n) is 18.2. The zero-order valence-corrected chi connectivity index (χ0v) is 18.2. The van der Waals surface area contributed by atoms with Crippen molar-refractivity contribution in [3.8, 4) is 17.1 Å². The second kappa shape index (κ2) is 9.51. The van der Waals surface area contributed by atoms with Gasteiger partial charge < -0.3 is 9.80 Å². The zero-order chi connectivity index (χ0) is 22.5. The molecule has 3 aromatic rings. The van der Waals surface area contributed by atoms with Gasteiger partial charge >= 0.3 is 6.03 Å². The highest BCUT2D eigenvalue weighted by Crippen LogP contribution is 2.25. The van der Waals surface area contributed by atoms with E-state index in [9.17, 15) is 9.59 Å². The number of hydrogen-bond acceptors (Lipinski definition) is 5. The molecule has 0 spiro atoms. The highest BCUT2D eigenvalue weighted by molar-refractivity contribution is 5.80. The molecule has 2 heterocycles. The lowest BCUT2D eigenvalue weighted by Crippen LogP contribution is -2.47. The Labute approximate surface area is 187 Å². The minimum Gasteiger partial charge on any atom is -0.331 e. The molecule has 0 aliphatic carbocycles. The van der Waals surface area contributed by atoms with E-state index in [1.807, 2.05) is 65.2 Å². The molecule has 3 amide bonds. The maximum Gasteiger partial charge on any atom is 0.319 e. The van der Waals surface area contributed by atoms with E-state index >= 15 is 0 Å². The molecular formula is C23H27N7O2. The molecule has 1 aromatic heterocycles. The Kier molecular flexibility index (Phi) is 6.34. The molecular weight excluding hydrogens is 406 g/mol. The number of likely N-dealkylation sites (tertiary alicyclic amines) is 1. The fourth-order valence-corrected chi connectivity index (χ4v) is 3.80. The summed E-state index contributed by atoms with van der Waals surface area (Å²) < 4.78 is 1.87. The van der Waals surface area contributed by atoms with Crippen LogP contribution in [0.4, 0.5) is 10.7 Å². The Morgan fingerprint density at radius 2 is 1.56 bits per heavy atom. The number of benzene rings is 2. The van der Waals surface area contributed by atoms with Crippen molar-refractivity contribution >= 4 is 17.9 Å². The number of para-hydroxylation sites is 1. The van der Waals surface area contributed by atoms with Crippen LogP contribution in [0.3, 0.4) is 0 Å². The molecule has 9 heteroatoms. The van der Waals surface area contributed by atoms with Gasteiger partial charge in [-0.25, -0.2) is 4.79 Å². The van der Waals surface area contributed by atoms with Crippen LogP contribution in [0.15, 0.2) is 60.7 Å². The summed E-state index contributed by atoms with van der Waals surface area (Å²) in [7, 11) is 3.47. The topological polar surface area (TPSA) is 95.4 Å². The first-order valence-corrected chi connectivity index (χ1v) is 10.6. The largest absolute Gasteiger partial charge is 0.331 e. The van der Waals surface area contributed by atoms with E-state index in [2.05, 4.69) is 21.0 Å². The highest BCUT2D eigenvalue weighted by atomic mass is 16.2. The Morgan fingerprint density at radius 1 is 0.938 bits per heavy atom. The van der Waals surface area contributed by atoms with E-state index in [1.165, 1.54) is 0 Å². The summed E-state index contributed by atoms with van der Waals surface area (Å²) in [6, 6.07) is 19.5. The van der Waals surface area contributed by atoms with Gasteiger partial charge in [0.25, 0.3) is 0 Å². The molecule has 32 heavy (non-hydrogen) atoms. The number of carbonyl (C=O) groups excluding carboxylic acids is 2. The summed E-state index contributed by atoms with van der Waals surface area (Å²) in [6.45, 7) is 1.13. The first-order chi connectivity index (χ1) is 15.5. The van der Waals surface area contributed by atoms with Gasteiger partial charge in [0.05, 0.1) is 5.69 Å². The molecule has 2 aromatic carbocycles. The van der Waals surface area contributed by atoms with Crippen molar-refractivity contribution in [2.75, 3.05) is 32.6 Å². The molecule has 4 rings (SSSR count).